The van der Waals surface area contributed by atoms with E-state index in [0.717, 1.165) is 42.8 Å². The van der Waals surface area contributed by atoms with Crippen molar-refractivity contribution < 1.29 is 9.84 Å². The minimum Gasteiger partial charge on any atom is -0.476 e. The number of para-hydroxylation sites is 1. The molecule has 0 bridgehead atoms. The molecule has 4 rings (SSSR count). The van der Waals surface area contributed by atoms with Crippen LogP contribution in [0.4, 0.5) is 0 Å². The average molecular weight is 350 g/mol. The molecule has 0 amide bonds. The third-order valence-electron chi connectivity index (χ3n) is 5.02. The molecule has 6 heteroatoms. The molecule has 1 aliphatic carbocycles. The summed E-state index contributed by atoms with van der Waals surface area (Å²) in [6.07, 6.45) is 3.27. The highest BCUT2D eigenvalue weighted by Crippen LogP contribution is 2.44. The van der Waals surface area contributed by atoms with E-state index in [4.69, 9.17) is 4.74 Å². The van der Waals surface area contributed by atoms with Crippen LogP contribution in [0.1, 0.15) is 25.1 Å². The molecular formula is C18H24ClN3O2. The van der Waals surface area contributed by atoms with E-state index in [0.29, 0.717) is 18.4 Å². The molecule has 2 fully saturated rings. The van der Waals surface area contributed by atoms with Gasteiger partial charge in [-0.25, -0.2) is 4.98 Å². The first-order valence-corrected chi connectivity index (χ1v) is 8.45. The predicted molar refractivity (Wildman–Crippen MR) is 95.7 cm³/mol. The van der Waals surface area contributed by atoms with E-state index in [1.54, 1.807) is 0 Å². The molecule has 1 saturated carbocycles. The van der Waals surface area contributed by atoms with E-state index in [1.807, 2.05) is 31.2 Å². The molecule has 0 radical (unpaired) electrons. The largest absolute Gasteiger partial charge is 0.476 e. The normalized spacial score (nSPS) is 24.1. The van der Waals surface area contributed by atoms with Crippen LogP contribution in [0.2, 0.25) is 0 Å². The van der Waals surface area contributed by atoms with E-state index >= 15 is 0 Å². The number of β-amino-alcohol motifs (C(OH)–C–C–N with tert-alkyl or cyclic N) is 1. The quantitative estimate of drug-likeness (QED) is 0.899. The number of benzene rings is 1. The minimum atomic E-state index is -0.446. The highest BCUT2D eigenvalue weighted by molar-refractivity contribution is 5.85. The van der Waals surface area contributed by atoms with Gasteiger partial charge in [0.25, 0.3) is 0 Å². The summed E-state index contributed by atoms with van der Waals surface area (Å²) in [6, 6.07) is 7.92. The van der Waals surface area contributed by atoms with Gasteiger partial charge in [0.1, 0.15) is 12.4 Å². The molecule has 24 heavy (non-hydrogen) atoms. The minimum absolute atomic E-state index is 0. The molecule has 5 nitrogen and oxygen atoms in total. The molecule has 1 atom stereocenters. The maximum Gasteiger partial charge on any atom is 0.224 e. The van der Waals surface area contributed by atoms with Gasteiger partial charge in [-0.1, -0.05) is 12.1 Å². The number of rotatable bonds is 5. The van der Waals surface area contributed by atoms with Gasteiger partial charge < -0.3 is 9.84 Å². The van der Waals surface area contributed by atoms with Gasteiger partial charge in [-0.05, 0) is 44.2 Å². The Hall–Kier alpha value is -1.43. The number of hydrogen-bond acceptors (Lipinski definition) is 5. The smallest absolute Gasteiger partial charge is 0.224 e. The second-order valence-electron chi connectivity index (χ2n) is 6.85. The maximum atomic E-state index is 10.6. The van der Waals surface area contributed by atoms with Crippen molar-refractivity contribution >= 4 is 23.3 Å². The zero-order valence-corrected chi connectivity index (χ0v) is 14.8. The van der Waals surface area contributed by atoms with Crippen LogP contribution < -0.4 is 4.74 Å². The van der Waals surface area contributed by atoms with Crippen LogP contribution in [0.15, 0.2) is 24.3 Å². The van der Waals surface area contributed by atoms with Gasteiger partial charge in [0.05, 0.1) is 16.5 Å². The Balaban J connectivity index is 0.00000169. The van der Waals surface area contributed by atoms with E-state index in [2.05, 4.69) is 14.9 Å². The first-order valence-electron chi connectivity index (χ1n) is 8.45. The summed E-state index contributed by atoms with van der Waals surface area (Å²) < 4.78 is 5.93. The van der Waals surface area contributed by atoms with Gasteiger partial charge in [-0.2, -0.15) is 4.98 Å². The summed E-state index contributed by atoms with van der Waals surface area (Å²) >= 11 is 0. The lowest BCUT2D eigenvalue weighted by Gasteiger charge is -2.23. The molecule has 1 aromatic carbocycles. The van der Waals surface area contributed by atoms with Gasteiger partial charge in [0.15, 0.2) is 0 Å². The van der Waals surface area contributed by atoms with E-state index in [1.165, 1.54) is 12.8 Å². The average Bonchev–Trinajstić information content (AvgIpc) is 3.32. The fourth-order valence-electron chi connectivity index (χ4n) is 3.58. The number of fused-ring (bicyclic) bond motifs is 1. The molecule has 1 saturated heterocycles. The lowest BCUT2D eigenvalue weighted by atomic mass is 9.97. The lowest BCUT2D eigenvalue weighted by molar-refractivity contribution is 0.0259. The van der Waals surface area contributed by atoms with Crippen molar-refractivity contribution in [3.8, 4) is 5.88 Å². The molecule has 1 unspecified atom stereocenters. The Bertz CT molecular complexity index is 722. The number of aromatic nitrogens is 2. The van der Waals surface area contributed by atoms with Crippen LogP contribution in [0.25, 0.3) is 10.9 Å². The maximum absolute atomic E-state index is 10.6. The third-order valence-corrected chi connectivity index (χ3v) is 5.02. The van der Waals surface area contributed by atoms with Crippen molar-refractivity contribution in [2.75, 3.05) is 26.2 Å². The summed E-state index contributed by atoms with van der Waals surface area (Å²) in [5.74, 6) is 1.91. The van der Waals surface area contributed by atoms with Crippen molar-refractivity contribution in [1.82, 2.24) is 14.9 Å². The summed E-state index contributed by atoms with van der Waals surface area (Å²) in [5.41, 5.74) is 0.470. The molecule has 1 aliphatic heterocycles. The van der Waals surface area contributed by atoms with Crippen molar-refractivity contribution in [3.63, 3.8) is 0 Å². The molecule has 130 valence electrons. The van der Waals surface area contributed by atoms with Crippen LogP contribution in [0, 0.1) is 12.8 Å². The second-order valence-corrected chi connectivity index (χ2v) is 6.85. The number of aryl methyl sites for hydroxylation is 1. The number of hydrogen-bond donors (Lipinski definition) is 1. The zero-order chi connectivity index (χ0) is 15.9. The van der Waals surface area contributed by atoms with Gasteiger partial charge in [0.2, 0.25) is 5.88 Å². The summed E-state index contributed by atoms with van der Waals surface area (Å²) in [6.45, 7) is 5.04. The van der Waals surface area contributed by atoms with Crippen molar-refractivity contribution in [1.29, 1.82) is 0 Å². The van der Waals surface area contributed by atoms with E-state index < -0.39 is 5.60 Å². The van der Waals surface area contributed by atoms with Crippen LogP contribution in [0.3, 0.4) is 0 Å². The highest BCUT2D eigenvalue weighted by Gasteiger charge is 2.47. The SMILES string of the molecule is Cc1nc(OCCN2CCC(O)(C3CC3)C2)c2ccccc2n1.Cl. The Morgan fingerprint density at radius 1 is 1.29 bits per heavy atom. The highest BCUT2D eigenvalue weighted by atomic mass is 35.5. The number of nitrogens with zero attached hydrogens (tertiary/aromatic N) is 3. The Morgan fingerprint density at radius 3 is 2.88 bits per heavy atom. The second kappa shape index (κ2) is 6.82. The fraction of sp³-hybridized carbons (Fsp3) is 0.556. The Kier molecular flexibility index (Phi) is 4.95. The van der Waals surface area contributed by atoms with Crippen molar-refractivity contribution in [3.05, 3.63) is 30.1 Å². The molecule has 1 N–H and O–H groups in total. The third kappa shape index (κ3) is 3.48. The topological polar surface area (TPSA) is 58.5 Å². The van der Waals surface area contributed by atoms with Crippen LogP contribution in [-0.4, -0.2) is 51.8 Å². The predicted octanol–water partition coefficient (Wildman–Crippen LogP) is 2.59. The number of aliphatic hydroxyl groups is 1. The molecular weight excluding hydrogens is 326 g/mol. The molecule has 2 aromatic rings. The zero-order valence-electron chi connectivity index (χ0n) is 13.9. The van der Waals surface area contributed by atoms with E-state index in [9.17, 15) is 5.11 Å². The van der Waals surface area contributed by atoms with Gasteiger partial charge in [-0.15, -0.1) is 12.4 Å². The number of ether oxygens (including phenoxy) is 1. The van der Waals surface area contributed by atoms with Crippen LogP contribution >= 0.6 is 12.4 Å². The van der Waals surface area contributed by atoms with Crippen molar-refractivity contribution in [2.24, 2.45) is 5.92 Å². The number of likely N-dealkylation sites (tertiary alicyclic amines) is 1. The molecule has 1 aromatic heterocycles. The summed E-state index contributed by atoms with van der Waals surface area (Å²) in [5, 5.41) is 11.5. The first-order chi connectivity index (χ1) is 11.1. The lowest BCUT2D eigenvalue weighted by Crippen LogP contribution is -2.36. The van der Waals surface area contributed by atoms with Gasteiger partial charge >= 0.3 is 0 Å². The summed E-state index contributed by atoms with van der Waals surface area (Å²) in [4.78, 5) is 11.2. The van der Waals surface area contributed by atoms with Crippen LogP contribution in [-0.2, 0) is 0 Å². The van der Waals surface area contributed by atoms with E-state index in [-0.39, 0.29) is 12.4 Å². The molecule has 2 aliphatic rings. The summed E-state index contributed by atoms with van der Waals surface area (Å²) in [7, 11) is 0. The number of halogens is 1. The molecule has 0 spiro atoms. The van der Waals surface area contributed by atoms with Crippen molar-refractivity contribution in [2.45, 2.75) is 31.8 Å². The Morgan fingerprint density at radius 2 is 2.08 bits per heavy atom. The fourth-order valence-corrected chi connectivity index (χ4v) is 3.58. The standard InChI is InChI=1S/C18H23N3O2.ClH/c1-13-19-16-5-3-2-4-15(16)17(20-13)23-11-10-21-9-8-18(22,12-21)14-6-7-14;/h2-5,14,22H,6-12H2,1H3;1H. The van der Waals surface area contributed by atoms with Gasteiger partial charge in [-0.3, -0.25) is 4.90 Å². The Labute approximate surface area is 148 Å². The van der Waals surface area contributed by atoms with Crippen LogP contribution in [0.5, 0.6) is 5.88 Å². The van der Waals surface area contributed by atoms with Gasteiger partial charge in [0, 0.05) is 19.6 Å². The monoisotopic (exact) mass is 349 g/mol. The first kappa shape index (κ1) is 17.4. The molecule has 2 heterocycles.